The number of nitrogens with one attached hydrogen (secondary N) is 1. The third-order valence-electron chi connectivity index (χ3n) is 4.02. The van der Waals surface area contributed by atoms with Crippen LogP contribution in [0.15, 0.2) is 77.8 Å². The van der Waals surface area contributed by atoms with Crippen LogP contribution in [0.3, 0.4) is 0 Å². The molecule has 0 aliphatic rings. The Morgan fingerprint density at radius 1 is 1.03 bits per heavy atom. The standard InChI is InChI=1S/C20H18ClN3O4S/c21-16-8-10-17(11-9-16)29(27,28)24(13-15-5-2-1-3-6-15)14-19(26)23-20-18(25)7-4-12-22-20/h1-12,25H,13-14H2,(H,22,23,26). The first-order valence-electron chi connectivity index (χ1n) is 8.60. The summed E-state index contributed by atoms with van der Waals surface area (Å²) in [6.07, 6.45) is 1.40. The summed E-state index contributed by atoms with van der Waals surface area (Å²) in [5.74, 6) is -0.885. The highest BCUT2D eigenvalue weighted by molar-refractivity contribution is 7.89. The Morgan fingerprint density at radius 3 is 2.38 bits per heavy atom. The van der Waals surface area contributed by atoms with Gasteiger partial charge in [-0.2, -0.15) is 4.31 Å². The third-order valence-corrected chi connectivity index (χ3v) is 6.08. The van der Waals surface area contributed by atoms with E-state index in [0.717, 1.165) is 9.87 Å². The molecule has 1 amide bonds. The second-order valence-corrected chi connectivity index (χ2v) is 8.51. The monoisotopic (exact) mass is 431 g/mol. The first-order valence-corrected chi connectivity index (χ1v) is 10.4. The number of sulfonamides is 1. The van der Waals surface area contributed by atoms with Gasteiger partial charge in [-0.25, -0.2) is 13.4 Å². The number of aromatic nitrogens is 1. The Kier molecular flexibility index (Phi) is 6.48. The van der Waals surface area contributed by atoms with Crippen molar-refractivity contribution in [3.8, 4) is 5.75 Å². The first-order chi connectivity index (χ1) is 13.9. The molecule has 0 unspecified atom stereocenters. The van der Waals surface area contributed by atoms with Gasteiger partial charge in [0.2, 0.25) is 15.9 Å². The van der Waals surface area contributed by atoms with Crippen LogP contribution in [-0.4, -0.2) is 35.3 Å². The van der Waals surface area contributed by atoms with Crippen molar-refractivity contribution in [3.63, 3.8) is 0 Å². The van der Waals surface area contributed by atoms with E-state index in [2.05, 4.69) is 10.3 Å². The van der Waals surface area contributed by atoms with E-state index < -0.39 is 22.5 Å². The highest BCUT2D eigenvalue weighted by Gasteiger charge is 2.27. The van der Waals surface area contributed by atoms with Crippen LogP contribution >= 0.6 is 11.6 Å². The number of carbonyl (C=O) groups excluding carboxylic acids is 1. The molecule has 0 saturated heterocycles. The molecule has 0 spiro atoms. The van der Waals surface area contributed by atoms with Gasteiger partial charge in [0.15, 0.2) is 11.6 Å². The summed E-state index contributed by atoms with van der Waals surface area (Å²) in [6.45, 7) is -0.469. The number of aromatic hydroxyl groups is 1. The minimum absolute atomic E-state index is 0.00653. The minimum Gasteiger partial charge on any atom is -0.504 e. The molecular formula is C20H18ClN3O4S. The van der Waals surface area contributed by atoms with Crippen molar-refractivity contribution >= 4 is 33.3 Å². The summed E-state index contributed by atoms with van der Waals surface area (Å²) in [5, 5.41) is 12.6. The lowest BCUT2D eigenvalue weighted by Crippen LogP contribution is -2.37. The SMILES string of the molecule is O=C(CN(Cc1ccccc1)S(=O)(=O)c1ccc(Cl)cc1)Nc1ncccc1O. The van der Waals surface area contributed by atoms with Crippen molar-refractivity contribution in [1.82, 2.24) is 9.29 Å². The van der Waals surface area contributed by atoms with Gasteiger partial charge in [0.05, 0.1) is 11.4 Å². The van der Waals surface area contributed by atoms with E-state index >= 15 is 0 Å². The molecule has 3 rings (SSSR count). The predicted octanol–water partition coefficient (Wildman–Crippen LogP) is 3.27. The van der Waals surface area contributed by atoms with Gasteiger partial charge in [-0.15, -0.1) is 0 Å². The summed E-state index contributed by atoms with van der Waals surface area (Å²) in [5.41, 5.74) is 0.721. The molecule has 0 bridgehead atoms. The minimum atomic E-state index is -3.98. The maximum Gasteiger partial charge on any atom is 0.243 e. The number of hydrogen-bond acceptors (Lipinski definition) is 5. The van der Waals surface area contributed by atoms with Gasteiger partial charge < -0.3 is 10.4 Å². The topological polar surface area (TPSA) is 99.6 Å². The maximum atomic E-state index is 13.1. The molecule has 0 fully saturated rings. The molecule has 1 heterocycles. The molecule has 150 valence electrons. The Morgan fingerprint density at radius 2 is 1.72 bits per heavy atom. The van der Waals surface area contributed by atoms with Crippen LogP contribution < -0.4 is 5.32 Å². The Bertz CT molecular complexity index is 1090. The van der Waals surface area contributed by atoms with E-state index in [1.54, 1.807) is 24.3 Å². The fraction of sp³-hybridized carbons (Fsp3) is 0.100. The van der Waals surface area contributed by atoms with Gasteiger partial charge >= 0.3 is 0 Å². The lowest BCUT2D eigenvalue weighted by molar-refractivity contribution is -0.116. The predicted molar refractivity (Wildman–Crippen MR) is 110 cm³/mol. The van der Waals surface area contributed by atoms with E-state index in [1.807, 2.05) is 6.07 Å². The maximum absolute atomic E-state index is 13.1. The van der Waals surface area contributed by atoms with Gasteiger partial charge in [0, 0.05) is 17.8 Å². The van der Waals surface area contributed by atoms with Crippen LogP contribution in [0.1, 0.15) is 5.56 Å². The highest BCUT2D eigenvalue weighted by Crippen LogP contribution is 2.22. The van der Waals surface area contributed by atoms with Crippen LogP contribution in [0, 0.1) is 0 Å². The number of carbonyl (C=O) groups is 1. The second-order valence-electron chi connectivity index (χ2n) is 6.13. The lowest BCUT2D eigenvalue weighted by Gasteiger charge is -2.22. The van der Waals surface area contributed by atoms with E-state index in [4.69, 9.17) is 11.6 Å². The number of amides is 1. The number of anilines is 1. The molecule has 7 nitrogen and oxygen atoms in total. The molecule has 3 aromatic rings. The quantitative estimate of drug-likeness (QED) is 0.598. The zero-order chi connectivity index (χ0) is 20.9. The van der Waals surface area contributed by atoms with Crippen molar-refractivity contribution in [3.05, 3.63) is 83.5 Å². The molecule has 0 aliphatic carbocycles. The molecule has 0 radical (unpaired) electrons. The van der Waals surface area contributed by atoms with Crippen molar-refractivity contribution in [2.45, 2.75) is 11.4 Å². The van der Waals surface area contributed by atoms with Gasteiger partial charge in [-0.3, -0.25) is 4.79 Å². The molecular weight excluding hydrogens is 414 g/mol. The summed E-state index contributed by atoms with van der Waals surface area (Å²) >= 11 is 5.86. The van der Waals surface area contributed by atoms with Crippen LogP contribution in [0.25, 0.3) is 0 Å². The number of benzene rings is 2. The molecule has 2 aromatic carbocycles. The molecule has 0 aliphatic heterocycles. The van der Waals surface area contributed by atoms with Crippen LogP contribution in [0.2, 0.25) is 5.02 Å². The van der Waals surface area contributed by atoms with E-state index in [9.17, 15) is 18.3 Å². The second kappa shape index (κ2) is 9.04. The van der Waals surface area contributed by atoms with Crippen LogP contribution in [-0.2, 0) is 21.4 Å². The number of nitrogens with zero attached hydrogens (tertiary/aromatic N) is 2. The molecule has 29 heavy (non-hydrogen) atoms. The fourth-order valence-corrected chi connectivity index (χ4v) is 4.10. The van der Waals surface area contributed by atoms with Gasteiger partial charge in [0.1, 0.15) is 0 Å². The van der Waals surface area contributed by atoms with Gasteiger partial charge in [-0.05, 0) is 42.0 Å². The van der Waals surface area contributed by atoms with Gasteiger partial charge in [-0.1, -0.05) is 41.9 Å². The summed E-state index contributed by atoms with van der Waals surface area (Å²) in [6, 6.07) is 17.5. The number of pyridine rings is 1. The lowest BCUT2D eigenvalue weighted by atomic mass is 10.2. The molecule has 1 aromatic heterocycles. The number of halogens is 1. The average Bonchev–Trinajstić information content (AvgIpc) is 2.70. The summed E-state index contributed by atoms with van der Waals surface area (Å²) in [7, 11) is -3.98. The van der Waals surface area contributed by atoms with Crippen molar-refractivity contribution in [1.29, 1.82) is 0 Å². The Balaban J connectivity index is 1.87. The molecule has 2 N–H and O–H groups in total. The highest BCUT2D eigenvalue weighted by atomic mass is 35.5. The Hall–Kier alpha value is -2.94. The normalized spacial score (nSPS) is 11.4. The number of hydrogen-bond donors (Lipinski definition) is 2. The smallest absolute Gasteiger partial charge is 0.243 e. The molecule has 9 heteroatoms. The van der Waals surface area contributed by atoms with Gasteiger partial charge in [0.25, 0.3) is 0 Å². The Labute approximate surface area is 173 Å². The molecule has 0 saturated carbocycles. The largest absolute Gasteiger partial charge is 0.504 e. The zero-order valence-corrected chi connectivity index (χ0v) is 16.8. The summed E-state index contributed by atoms with van der Waals surface area (Å²) < 4.78 is 27.3. The first kappa shape index (κ1) is 20.8. The van der Waals surface area contributed by atoms with Crippen molar-refractivity contribution < 1.29 is 18.3 Å². The van der Waals surface area contributed by atoms with E-state index in [1.165, 1.54) is 42.6 Å². The molecule has 0 atom stereocenters. The van der Waals surface area contributed by atoms with Crippen molar-refractivity contribution in [2.24, 2.45) is 0 Å². The number of rotatable bonds is 7. The van der Waals surface area contributed by atoms with E-state index in [-0.39, 0.29) is 23.0 Å². The van der Waals surface area contributed by atoms with E-state index in [0.29, 0.717) is 5.02 Å². The van der Waals surface area contributed by atoms with Crippen molar-refractivity contribution in [2.75, 3.05) is 11.9 Å². The third kappa shape index (κ3) is 5.32. The van der Waals surface area contributed by atoms with Crippen LogP contribution in [0.5, 0.6) is 5.75 Å². The fourth-order valence-electron chi connectivity index (χ4n) is 2.59. The summed E-state index contributed by atoms with van der Waals surface area (Å²) in [4.78, 5) is 16.4. The average molecular weight is 432 g/mol. The zero-order valence-electron chi connectivity index (χ0n) is 15.2. The van der Waals surface area contributed by atoms with Crippen LogP contribution in [0.4, 0.5) is 5.82 Å².